The van der Waals surface area contributed by atoms with Gasteiger partial charge in [-0.05, 0) is 12.1 Å². The smallest absolute Gasteiger partial charge is 0.123 e. The Kier molecular flexibility index (Phi) is 5.44. The van der Waals surface area contributed by atoms with Crippen molar-refractivity contribution in [3.8, 4) is 11.5 Å². The van der Waals surface area contributed by atoms with Gasteiger partial charge < -0.3 is 19.9 Å². The molecule has 0 spiro atoms. The SMILES string of the molecule is COc1cccc(OCC(O)CN2CCNCC2)c1. The molecule has 1 saturated heterocycles. The Morgan fingerprint density at radius 1 is 1.32 bits per heavy atom. The van der Waals surface area contributed by atoms with Crippen LogP contribution >= 0.6 is 0 Å². The minimum Gasteiger partial charge on any atom is -0.497 e. The van der Waals surface area contributed by atoms with Crippen LogP contribution in [0.15, 0.2) is 24.3 Å². The van der Waals surface area contributed by atoms with Gasteiger partial charge in [0, 0.05) is 38.8 Å². The average molecular weight is 266 g/mol. The van der Waals surface area contributed by atoms with Gasteiger partial charge in [0.05, 0.1) is 7.11 Å². The second-order valence-corrected chi connectivity index (χ2v) is 4.69. The fourth-order valence-electron chi connectivity index (χ4n) is 2.13. The van der Waals surface area contributed by atoms with Crippen molar-refractivity contribution in [2.75, 3.05) is 46.4 Å². The Bertz CT molecular complexity index is 381. The Balaban J connectivity index is 1.74. The third-order valence-electron chi connectivity index (χ3n) is 3.16. The molecule has 1 atom stereocenters. The van der Waals surface area contributed by atoms with E-state index in [1.807, 2.05) is 24.3 Å². The molecule has 0 aliphatic carbocycles. The molecule has 1 aliphatic heterocycles. The number of hydrogen-bond acceptors (Lipinski definition) is 5. The maximum Gasteiger partial charge on any atom is 0.123 e. The van der Waals surface area contributed by atoms with E-state index in [9.17, 15) is 5.11 Å². The van der Waals surface area contributed by atoms with Crippen LogP contribution in [0, 0.1) is 0 Å². The number of nitrogens with zero attached hydrogens (tertiary/aromatic N) is 1. The van der Waals surface area contributed by atoms with Gasteiger partial charge >= 0.3 is 0 Å². The number of methoxy groups -OCH3 is 1. The molecule has 106 valence electrons. The summed E-state index contributed by atoms with van der Waals surface area (Å²) in [6, 6.07) is 7.42. The highest BCUT2D eigenvalue weighted by Gasteiger charge is 2.14. The summed E-state index contributed by atoms with van der Waals surface area (Å²) >= 11 is 0. The number of β-amino-alcohol motifs (C(OH)–C–C–N with tert-alkyl or cyclic N) is 1. The summed E-state index contributed by atoms with van der Waals surface area (Å²) in [5.41, 5.74) is 0. The molecule has 19 heavy (non-hydrogen) atoms. The lowest BCUT2D eigenvalue weighted by Crippen LogP contribution is -2.47. The molecule has 1 fully saturated rings. The van der Waals surface area contributed by atoms with Crippen LogP contribution in [0.1, 0.15) is 0 Å². The molecule has 0 saturated carbocycles. The zero-order valence-corrected chi connectivity index (χ0v) is 11.3. The van der Waals surface area contributed by atoms with Crippen molar-refractivity contribution in [1.82, 2.24) is 10.2 Å². The highest BCUT2D eigenvalue weighted by Crippen LogP contribution is 2.18. The molecular weight excluding hydrogens is 244 g/mol. The molecule has 2 rings (SSSR count). The van der Waals surface area contributed by atoms with Crippen LogP contribution in [-0.2, 0) is 0 Å². The molecule has 1 heterocycles. The van der Waals surface area contributed by atoms with Crippen LogP contribution in [0.4, 0.5) is 0 Å². The number of hydrogen-bond donors (Lipinski definition) is 2. The highest BCUT2D eigenvalue weighted by molar-refractivity contribution is 5.32. The largest absolute Gasteiger partial charge is 0.497 e. The summed E-state index contributed by atoms with van der Waals surface area (Å²) in [7, 11) is 1.62. The Morgan fingerprint density at radius 3 is 2.79 bits per heavy atom. The van der Waals surface area contributed by atoms with Gasteiger partial charge in [-0.15, -0.1) is 0 Å². The lowest BCUT2D eigenvalue weighted by Gasteiger charge is -2.29. The first-order chi connectivity index (χ1) is 9.28. The molecule has 1 aliphatic rings. The van der Waals surface area contributed by atoms with Gasteiger partial charge in [-0.3, -0.25) is 4.90 Å². The number of nitrogens with one attached hydrogen (secondary N) is 1. The van der Waals surface area contributed by atoms with Crippen molar-refractivity contribution < 1.29 is 14.6 Å². The number of aliphatic hydroxyl groups is 1. The first-order valence-electron chi connectivity index (χ1n) is 6.66. The summed E-state index contributed by atoms with van der Waals surface area (Å²) < 4.78 is 10.7. The van der Waals surface area contributed by atoms with Gasteiger partial charge in [-0.2, -0.15) is 0 Å². The normalized spacial score (nSPS) is 18.0. The summed E-state index contributed by atoms with van der Waals surface area (Å²) in [5.74, 6) is 1.48. The number of aliphatic hydroxyl groups excluding tert-OH is 1. The molecule has 5 heteroatoms. The van der Waals surface area contributed by atoms with Gasteiger partial charge in [-0.25, -0.2) is 0 Å². The van der Waals surface area contributed by atoms with Crippen LogP contribution in [0.2, 0.25) is 0 Å². The minimum absolute atomic E-state index is 0.303. The second-order valence-electron chi connectivity index (χ2n) is 4.69. The van der Waals surface area contributed by atoms with E-state index in [-0.39, 0.29) is 0 Å². The van der Waals surface area contributed by atoms with Crippen molar-refractivity contribution in [3.63, 3.8) is 0 Å². The molecular formula is C14H22N2O3. The van der Waals surface area contributed by atoms with Gasteiger partial charge in [0.1, 0.15) is 24.2 Å². The van der Waals surface area contributed by atoms with E-state index < -0.39 is 6.10 Å². The van der Waals surface area contributed by atoms with E-state index >= 15 is 0 Å². The minimum atomic E-state index is -0.468. The topological polar surface area (TPSA) is 54.0 Å². The number of benzene rings is 1. The molecule has 2 N–H and O–H groups in total. The van der Waals surface area contributed by atoms with E-state index in [1.165, 1.54) is 0 Å². The summed E-state index contributed by atoms with van der Waals surface area (Å²) in [4.78, 5) is 2.25. The molecule has 5 nitrogen and oxygen atoms in total. The third kappa shape index (κ3) is 4.70. The lowest BCUT2D eigenvalue weighted by molar-refractivity contribution is 0.0640. The first kappa shape index (κ1) is 14.1. The van der Waals surface area contributed by atoms with Crippen LogP contribution < -0.4 is 14.8 Å². The van der Waals surface area contributed by atoms with Crippen molar-refractivity contribution in [2.24, 2.45) is 0 Å². The molecule has 1 unspecified atom stereocenters. The number of ether oxygens (including phenoxy) is 2. The number of rotatable bonds is 6. The maximum absolute atomic E-state index is 9.97. The van der Waals surface area contributed by atoms with E-state index in [0.717, 1.165) is 37.7 Å². The Morgan fingerprint density at radius 2 is 2.05 bits per heavy atom. The molecule has 0 amide bonds. The van der Waals surface area contributed by atoms with Crippen LogP contribution in [0.25, 0.3) is 0 Å². The fourth-order valence-corrected chi connectivity index (χ4v) is 2.13. The zero-order valence-electron chi connectivity index (χ0n) is 11.3. The van der Waals surface area contributed by atoms with E-state index in [4.69, 9.17) is 9.47 Å². The lowest BCUT2D eigenvalue weighted by atomic mass is 10.3. The van der Waals surface area contributed by atoms with Gasteiger partial charge in [0.25, 0.3) is 0 Å². The Labute approximate surface area is 114 Å². The Hall–Kier alpha value is -1.30. The van der Waals surface area contributed by atoms with E-state index in [0.29, 0.717) is 13.2 Å². The molecule has 1 aromatic rings. The summed E-state index contributed by atoms with van der Waals surface area (Å²) in [6.07, 6.45) is -0.468. The summed E-state index contributed by atoms with van der Waals surface area (Å²) in [5, 5.41) is 13.3. The van der Waals surface area contributed by atoms with Crippen molar-refractivity contribution in [3.05, 3.63) is 24.3 Å². The van der Waals surface area contributed by atoms with Gasteiger partial charge in [0.15, 0.2) is 0 Å². The van der Waals surface area contributed by atoms with Crippen molar-refractivity contribution in [2.45, 2.75) is 6.10 Å². The molecule has 1 aromatic carbocycles. The van der Waals surface area contributed by atoms with Gasteiger partial charge in [0.2, 0.25) is 0 Å². The van der Waals surface area contributed by atoms with Crippen molar-refractivity contribution >= 4 is 0 Å². The standard InChI is InChI=1S/C14H22N2O3/c1-18-13-3-2-4-14(9-13)19-11-12(17)10-16-7-5-15-6-8-16/h2-4,9,12,15,17H,5-8,10-11H2,1H3. The zero-order chi connectivity index (χ0) is 13.5. The molecule has 0 aromatic heterocycles. The van der Waals surface area contributed by atoms with E-state index in [2.05, 4.69) is 10.2 Å². The monoisotopic (exact) mass is 266 g/mol. The predicted molar refractivity (Wildman–Crippen MR) is 73.8 cm³/mol. The highest BCUT2D eigenvalue weighted by atomic mass is 16.5. The summed E-state index contributed by atoms with van der Waals surface area (Å²) in [6.45, 7) is 4.90. The maximum atomic E-state index is 9.97. The molecule has 0 bridgehead atoms. The third-order valence-corrected chi connectivity index (χ3v) is 3.16. The number of piperazine rings is 1. The second kappa shape index (κ2) is 7.33. The van der Waals surface area contributed by atoms with Crippen LogP contribution in [-0.4, -0.2) is 62.6 Å². The molecule has 0 radical (unpaired) electrons. The first-order valence-corrected chi connectivity index (χ1v) is 6.66. The van der Waals surface area contributed by atoms with E-state index in [1.54, 1.807) is 7.11 Å². The average Bonchev–Trinajstić information content (AvgIpc) is 2.46. The van der Waals surface area contributed by atoms with Gasteiger partial charge in [-0.1, -0.05) is 6.07 Å². The van der Waals surface area contributed by atoms with Crippen molar-refractivity contribution in [1.29, 1.82) is 0 Å². The predicted octanol–water partition coefficient (Wildman–Crippen LogP) is 0.340. The fraction of sp³-hybridized carbons (Fsp3) is 0.571. The van der Waals surface area contributed by atoms with Crippen LogP contribution in [0.5, 0.6) is 11.5 Å². The van der Waals surface area contributed by atoms with Crippen LogP contribution in [0.3, 0.4) is 0 Å². The quantitative estimate of drug-likeness (QED) is 0.777.